The summed E-state index contributed by atoms with van der Waals surface area (Å²) in [6.45, 7) is 4.49. The number of hydrogen-bond donors (Lipinski definition) is 1. The maximum absolute atomic E-state index is 11.3. The molecule has 0 aliphatic carbocycles. The number of ether oxygens (including phenoxy) is 2. The van der Waals surface area contributed by atoms with Crippen molar-refractivity contribution in [3.8, 4) is 11.5 Å². The van der Waals surface area contributed by atoms with Crippen LogP contribution < -0.4 is 15.2 Å². The number of fused-ring (bicyclic) bond motifs is 1. The Bertz CT molecular complexity index is 429. The van der Waals surface area contributed by atoms with Crippen LogP contribution >= 0.6 is 0 Å². The van der Waals surface area contributed by atoms with E-state index in [-0.39, 0.29) is 5.78 Å². The van der Waals surface area contributed by atoms with Crippen molar-refractivity contribution in [3.63, 3.8) is 0 Å². The number of hydrogen-bond acceptors (Lipinski definition) is 4. The lowest BCUT2D eigenvalue weighted by atomic mass is 9.98. The molecule has 2 rings (SSSR count). The predicted molar refractivity (Wildman–Crippen MR) is 59.8 cm³/mol. The van der Waals surface area contributed by atoms with Crippen LogP contribution in [0.4, 0.5) is 0 Å². The summed E-state index contributed by atoms with van der Waals surface area (Å²) in [5.74, 6) is 1.34. The maximum atomic E-state index is 11.3. The summed E-state index contributed by atoms with van der Waals surface area (Å²) in [7, 11) is 0. The van der Waals surface area contributed by atoms with Gasteiger partial charge in [0.05, 0.1) is 6.04 Å². The Hall–Kier alpha value is -1.55. The molecule has 1 heterocycles. The molecule has 1 unspecified atom stereocenters. The molecule has 1 aliphatic rings. The Morgan fingerprint density at radius 3 is 2.44 bits per heavy atom. The standard InChI is InChI=1S/C12H15NO3/c1-7-5-10-11(16-4-3-15-10)6-9(7)12(13)8(2)14/h5-6,12H,3-4,13H2,1-2H3. The number of Topliss-reactive ketones (excluding diaryl/α,β-unsaturated/α-hetero) is 1. The first kappa shape index (κ1) is 11.0. The van der Waals surface area contributed by atoms with Crippen molar-refractivity contribution in [2.75, 3.05) is 13.2 Å². The van der Waals surface area contributed by atoms with E-state index in [1.165, 1.54) is 6.92 Å². The molecule has 0 spiro atoms. The fourth-order valence-electron chi connectivity index (χ4n) is 1.76. The minimum Gasteiger partial charge on any atom is -0.486 e. The molecule has 4 nitrogen and oxygen atoms in total. The van der Waals surface area contributed by atoms with Crippen LogP contribution in [-0.4, -0.2) is 19.0 Å². The van der Waals surface area contributed by atoms with Gasteiger partial charge in [-0.25, -0.2) is 0 Å². The van der Waals surface area contributed by atoms with Crippen molar-refractivity contribution in [3.05, 3.63) is 23.3 Å². The zero-order chi connectivity index (χ0) is 11.7. The topological polar surface area (TPSA) is 61.6 Å². The van der Waals surface area contributed by atoms with Gasteiger partial charge < -0.3 is 15.2 Å². The normalized spacial score (nSPS) is 15.7. The summed E-state index contributed by atoms with van der Waals surface area (Å²) in [4.78, 5) is 11.3. The highest BCUT2D eigenvalue weighted by Gasteiger charge is 2.19. The Labute approximate surface area is 94.3 Å². The van der Waals surface area contributed by atoms with Crippen LogP contribution in [0.15, 0.2) is 12.1 Å². The van der Waals surface area contributed by atoms with E-state index in [9.17, 15) is 4.79 Å². The molecule has 1 atom stereocenters. The highest BCUT2D eigenvalue weighted by molar-refractivity contribution is 5.83. The molecule has 16 heavy (non-hydrogen) atoms. The van der Waals surface area contributed by atoms with Gasteiger partial charge in [0.2, 0.25) is 0 Å². The van der Waals surface area contributed by atoms with Crippen molar-refractivity contribution in [1.29, 1.82) is 0 Å². The number of nitrogens with two attached hydrogens (primary N) is 1. The van der Waals surface area contributed by atoms with E-state index in [0.29, 0.717) is 19.0 Å². The average Bonchev–Trinajstić information content (AvgIpc) is 2.27. The van der Waals surface area contributed by atoms with Gasteiger partial charge in [0.15, 0.2) is 17.3 Å². The van der Waals surface area contributed by atoms with E-state index < -0.39 is 6.04 Å². The van der Waals surface area contributed by atoms with Gasteiger partial charge in [-0.05, 0) is 37.1 Å². The van der Waals surface area contributed by atoms with Gasteiger partial charge in [-0.15, -0.1) is 0 Å². The average molecular weight is 221 g/mol. The van der Waals surface area contributed by atoms with E-state index >= 15 is 0 Å². The molecule has 1 aliphatic heterocycles. The van der Waals surface area contributed by atoms with Crippen LogP contribution in [0.3, 0.4) is 0 Å². The van der Waals surface area contributed by atoms with Crippen molar-refractivity contribution in [2.45, 2.75) is 19.9 Å². The van der Waals surface area contributed by atoms with Crippen LogP contribution in [0.25, 0.3) is 0 Å². The van der Waals surface area contributed by atoms with Gasteiger partial charge in [0, 0.05) is 0 Å². The van der Waals surface area contributed by atoms with Gasteiger partial charge in [-0.3, -0.25) is 4.79 Å². The molecule has 0 bridgehead atoms. The SMILES string of the molecule is CC(=O)C(N)c1cc2c(cc1C)OCCO2. The Morgan fingerprint density at radius 2 is 1.88 bits per heavy atom. The monoisotopic (exact) mass is 221 g/mol. The van der Waals surface area contributed by atoms with Gasteiger partial charge >= 0.3 is 0 Å². The van der Waals surface area contributed by atoms with E-state index in [1.807, 2.05) is 13.0 Å². The van der Waals surface area contributed by atoms with E-state index in [1.54, 1.807) is 6.07 Å². The first-order chi connectivity index (χ1) is 7.59. The van der Waals surface area contributed by atoms with Crippen LogP contribution in [0.5, 0.6) is 11.5 Å². The van der Waals surface area contributed by atoms with Crippen molar-refractivity contribution in [2.24, 2.45) is 5.73 Å². The summed E-state index contributed by atoms with van der Waals surface area (Å²) >= 11 is 0. The molecule has 0 fully saturated rings. The molecule has 4 heteroatoms. The van der Waals surface area contributed by atoms with Crippen molar-refractivity contribution in [1.82, 2.24) is 0 Å². The van der Waals surface area contributed by atoms with Crippen LogP contribution in [0, 0.1) is 6.92 Å². The first-order valence-electron chi connectivity index (χ1n) is 5.26. The summed E-state index contributed by atoms with van der Waals surface area (Å²) in [5, 5.41) is 0. The van der Waals surface area contributed by atoms with Crippen molar-refractivity contribution >= 4 is 5.78 Å². The number of benzene rings is 1. The maximum Gasteiger partial charge on any atom is 0.161 e. The fourth-order valence-corrected chi connectivity index (χ4v) is 1.76. The van der Waals surface area contributed by atoms with E-state index in [2.05, 4.69) is 0 Å². The molecule has 1 aromatic rings. The number of rotatable bonds is 2. The minimum absolute atomic E-state index is 0.0558. The summed E-state index contributed by atoms with van der Waals surface area (Å²) < 4.78 is 10.9. The van der Waals surface area contributed by atoms with Crippen LogP contribution in [-0.2, 0) is 4.79 Å². The van der Waals surface area contributed by atoms with Gasteiger partial charge in [0.1, 0.15) is 13.2 Å². The quantitative estimate of drug-likeness (QED) is 0.819. The van der Waals surface area contributed by atoms with Gasteiger partial charge in [-0.1, -0.05) is 0 Å². The number of aryl methyl sites for hydroxylation is 1. The first-order valence-corrected chi connectivity index (χ1v) is 5.26. The lowest BCUT2D eigenvalue weighted by Gasteiger charge is -2.21. The lowest BCUT2D eigenvalue weighted by molar-refractivity contribution is -0.118. The molecule has 0 aromatic heterocycles. The van der Waals surface area contributed by atoms with Gasteiger partial charge in [-0.2, -0.15) is 0 Å². The third-order valence-electron chi connectivity index (χ3n) is 2.70. The summed E-state index contributed by atoms with van der Waals surface area (Å²) in [5.41, 5.74) is 7.58. The Balaban J connectivity index is 2.43. The third-order valence-corrected chi connectivity index (χ3v) is 2.70. The highest BCUT2D eigenvalue weighted by atomic mass is 16.6. The summed E-state index contributed by atoms with van der Waals surface area (Å²) in [6.07, 6.45) is 0. The Kier molecular flexibility index (Phi) is 2.83. The molecule has 1 aromatic carbocycles. The molecule has 0 saturated carbocycles. The largest absolute Gasteiger partial charge is 0.486 e. The van der Waals surface area contributed by atoms with E-state index in [0.717, 1.165) is 16.9 Å². The third kappa shape index (κ3) is 1.88. The molecule has 0 saturated heterocycles. The zero-order valence-electron chi connectivity index (χ0n) is 9.45. The Morgan fingerprint density at radius 1 is 1.31 bits per heavy atom. The fraction of sp³-hybridized carbons (Fsp3) is 0.417. The number of carbonyl (C=O) groups excluding carboxylic acids is 1. The van der Waals surface area contributed by atoms with Crippen LogP contribution in [0.1, 0.15) is 24.1 Å². The second kappa shape index (κ2) is 4.14. The summed E-state index contributed by atoms with van der Waals surface area (Å²) in [6, 6.07) is 3.08. The second-order valence-electron chi connectivity index (χ2n) is 3.94. The number of ketones is 1. The predicted octanol–water partition coefficient (Wildman–Crippen LogP) is 1.36. The van der Waals surface area contributed by atoms with Crippen LogP contribution in [0.2, 0.25) is 0 Å². The van der Waals surface area contributed by atoms with Gasteiger partial charge in [0.25, 0.3) is 0 Å². The number of carbonyl (C=O) groups is 1. The minimum atomic E-state index is -0.587. The molecule has 0 amide bonds. The van der Waals surface area contributed by atoms with Crippen molar-refractivity contribution < 1.29 is 14.3 Å². The zero-order valence-corrected chi connectivity index (χ0v) is 9.45. The van der Waals surface area contributed by atoms with E-state index in [4.69, 9.17) is 15.2 Å². The molecular formula is C12H15NO3. The molecule has 0 radical (unpaired) electrons. The molecule has 86 valence electrons. The second-order valence-corrected chi connectivity index (χ2v) is 3.94. The molecular weight excluding hydrogens is 206 g/mol. The molecule has 2 N–H and O–H groups in total. The highest BCUT2D eigenvalue weighted by Crippen LogP contribution is 2.34. The lowest BCUT2D eigenvalue weighted by Crippen LogP contribution is -2.21. The smallest absolute Gasteiger partial charge is 0.161 e.